The fourth-order valence-corrected chi connectivity index (χ4v) is 2.49. The first-order valence-electron chi connectivity index (χ1n) is 7.47. The summed E-state index contributed by atoms with van der Waals surface area (Å²) in [5.41, 5.74) is 0.742. The zero-order valence-electron chi connectivity index (χ0n) is 13.7. The summed E-state index contributed by atoms with van der Waals surface area (Å²) in [6.45, 7) is 1.28. The maximum atomic E-state index is 13.6. The third-order valence-electron chi connectivity index (χ3n) is 3.47. The number of halogens is 2. The standard InChI is InChI=1S/C18H17ClFNO4/c1-11(13-5-3-4-6-14(13)19)21-17(22)10-25-18(23)12-7-8-16(24-2)15(20)9-12/h3-9,11H,10H2,1-2H3,(H,21,22)/t11-/m0/s1. The van der Waals surface area contributed by atoms with Crippen molar-refractivity contribution in [2.24, 2.45) is 0 Å². The van der Waals surface area contributed by atoms with Crippen molar-refractivity contribution in [3.63, 3.8) is 0 Å². The molecule has 0 fully saturated rings. The lowest BCUT2D eigenvalue weighted by molar-refractivity contribution is -0.124. The van der Waals surface area contributed by atoms with Crippen LogP contribution in [-0.2, 0) is 9.53 Å². The van der Waals surface area contributed by atoms with Gasteiger partial charge in [-0.2, -0.15) is 0 Å². The Kier molecular flexibility index (Phi) is 6.36. The van der Waals surface area contributed by atoms with Crippen molar-refractivity contribution >= 4 is 23.5 Å². The third-order valence-corrected chi connectivity index (χ3v) is 3.82. The Morgan fingerprint density at radius 2 is 1.96 bits per heavy atom. The molecule has 1 amide bonds. The van der Waals surface area contributed by atoms with E-state index in [2.05, 4.69) is 5.32 Å². The number of methoxy groups -OCH3 is 1. The van der Waals surface area contributed by atoms with Crippen LogP contribution >= 0.6 is 11.6 Å². The summed E-state index contributed by atoms with van der Waals surface area (Å²) in [6.07, 6.45) is 0. The van der Waals surface area contributed by atoms with Gasteiger partial charge < -0.3 is 14.8 Å². The zero-order valence-corrected chi connectivity index (χ0v) is 14.5. The minimum absolute atomic E-state index is 0.00903. The van der Waals surface area contributed by atoms with E-state index in [1.54, 1.807) is 25.1 Å². The second-order valence-corrected chi connectivity index (χ2v) is 5.64. The van der Waals surface area contributed by atoms with Crippen LogP contribution in [0.3, 0.4) is 0 Å². The van der Waals surface area contributed by atoms with E-state index in [0.717, 1.165) is 11.6 Å². The highest BCUT2D eigenvalue weighted by molar-refractivity contribution is 6.31. The van der Waals surface area contributed by atoms with Crippen LogP contribution in [0.2, 0.25) is 5.02 Å². The summed E-state index contributed by atoms with van der Waals surface area (Å²) in [5, 5.41) is 3.21. The summed E-state index contributed by atoms with van der Waals surface area (Å²) in [5.74, 6) is -1.96. The zero-order chi connectivity index (χ0) is 18.4. The van der Waals surface area contributed by atoms with Gasteiger partial charge in [0.25, 0.3) is 5.91 Å². The van der Waals surface area contributed by atoms with Crippen LogP contribution in [0.4, 0.5) is 4.39 Å². The van der Waals surface area contributed by atoms with Crippen molar-refractivity contribution in [1.82, 2.24) is 5.32 Å². The van der Waals surface area contributed by atoms with E-state index in [4.69, 9.17) is 21.1 Å². The number of esters is 1. The third kappa shape index (κ3) is 4.93. The molecule has 0 heterocycles. The van der Waals surface area contributed by atoms with Gasteiger partial charge in [0, 0.05) is 5.02 Å². The molecule has 7 heteroatoms. The molecule has 0 aliphatic rings. The lowest BCUT2D eigenvalue weighted by atomic mass is 10.1. The van der Waals surface area contributed by atoms with Gasteiger partial charge in [-0.15, -0.1) is 0 Å². The molecular formula is C18H17ClFNO4. The molecule has 0 radical (unpaired) electrons. The monoisotopic (exact) mass is 365 g/mol. The van der Waals surface area contributed by atoms with Crippen molar-refractivity contribution in [3.8, 4) is 5.75 Å². The molecule has 1 atom stereocenters. The number of hydrogen-bond donors (Lipinski definition) is 1. The molecule has 0 unspecified atom stereocenters. The maximum Gasteiger partial charge on any atom is 0.338 e. The molecule has 0 saturated carbocycles. The van der Waals surface area contributed by atoms with Gasteiger partial charge >= 0.3 is 5.97 Å². The number of carbonyl (C=O) groups excluding carboxylic acids is 2. The van der Waals surface area contributed by atoms with Crippen LogP contribution in [0.5, 0.6) is 5.75 Å². The predicted molar refractivity (Wildman–Crippen MR) is 91.2 cm³/mol. The Balaban J connectivity index is 1.90. The molecule has 2 aromatic carbocycles. The Hall–Kier alpha value is -2.60. The van der Waals surface area contributed by atoms with E-state index in [9.17, 15) is 14.0 Å². The Labute approximate surface area is 149 Å². The van der Waals surface area contributed by atoms with Crippen molar-refractivity contribution in [2.45, 2.75) is 13.0 Å². The molecule has 0 aliphatic carbocycles. The van der Waals surface area contributed by atoms with Gasteiger partial charge in [0.05, 0.1) is 18.7 Å². The summed E-state index contributed by atoms with van der Waals surface area (Å²) in [6, 6.07) is 10.4. The van der Waals surface area contributed by atoms with Gasteiger partial charge in [-0.05, 0) is 36.8 Å². The minimum atomic E-state index is -0.804. The van der Waals surface area contributed by atoms with E-state index < -0.39 is 24.3 Å². The van der Waals surface area contributed by atoms with E-state index >= 15 is 0 Å². The van der Waals surface area contributed by atoms with Crippen LogP contribution in [0.25, 0.3) is 0 Å². The molecule has 0 spiro atoms. The highest BCUT2D eigenvalue weighted by atomic mass is 35.5. The first-order valence-corrected chi connectivity index (χ1v) is 7.84. The maximum absolute atomic E-state index is 13.6. The molecule has 0 aromatic heterocycles. The van der Waals surface area contributed by atoms with Gasteiger partial charge in [-0.25, -0.2) is 9.18 Å². The largest absolute Gasteiger partial charge is 0.494 e. The quantitative estimate of drug-likeness (QED) is 0.795. The number of benzene rings is 2. The number of nitrogens with one attached hydrogen (secondary N) is 1. The number of hydrogen-bond acceptors (Lipinski definition) is 4. The molecule has 0 bridgehead atoms. The van der Waals surface area contributed by atoms with Crippen molar-refractivity contribution in [1.29, 1.82) is 0 Å². The molecule has 1 N–H and O–H groups in total. The number of ether oxygens (including phenoxy) is 2. The minimum Gasteiger partial charge on any atom is -0.494 e. The van der Waals surface area contributed by atoms with E-state index in [1.165, 1.54) is 19.2 Å². The average molecular weight is 366 g/mol. The first-order chi connectivity index (χ1) is 11.9. The summed E-state index contributed by atoms with van der Waals surface area (Å²) < 4.78 is 23.2. The molecule has 132 valence electrons. The Bertz CT molecular complexity index is 781. The van der Waals surface area contributed by atoms with Gasteiger partial charge in [0.2, 0.25) is 0 Å². The molecule has 0 saturated heterocycles. The van der Waals surface area contributed by atoms with E-state index in [0.29, 0.717) is 5.02 Å². The highest BCUT2D eigenvalue weighted by Gasteiger charge is 2.16. The van der Waals surface area contributed by atoms with Gasteiger partial charge in [0.1, 0.15) is 0 Å². The fraction of sp³-hybridized carbons (Fsp3) is 0.222. The van der Waals surface area contributed by atoms with Crippen molar-refractivity contribution < 1.29 is 23.5 Å². The Morgan fingerprint density at radius 3 is 2.60 bits per heavy atom. The van der Waals surface area contributed by atoms with Crippen LogP contribution in [0.15, 0.2) is 42.5 Å². The van der Waals surface area contributed by atoms with Crippen LogP contribution in [0, 0.1) is 5.82 Å². The van der Waals surface area contributed by atoms with E-state index in [1.807, 2.05) is 6.07 Å². The molecule has 25 heavy (non-hydrogen) atoms. The van der Waals surface area contributed by atoms with Crippen LogP contribution in [0.1, 0.15) is 28.9 Å². The molecule has 0 aliphatic heterocycles. The fourth-order valence-electron chi connectivity index (χ4n) is 2.19. The second kappa shape index (κ2) is 8.48. The smallest absolute Gasteiger partial charge is 0.338 e. The Morgan fingerprint density at radius 1 is 1.24 bits per heavy atom. The normalized spacial score (nSPS) is 11.5. The summed E-state index contributed by atoms with van der Waals surface area (Å²) in [7, 11) is 1.32. The summed E-state index contributed by atoms with van der Waals surface area (Å²) in [4.78, 5) is 23.8. The van der Waals surface area contributed by atoms with Crippen LogP contribution < -0.4 is 10.1 Å². The number of amides is 1. The van der Waals surface area contributed by atoms with Gasteiger partial charge in [-0.1, -0.05) is 29.8 Å². The molecule has 5 nitrogen and oxygen atoms in total. The first kappa shape index (κ1) is 18.7. The lowest BCUT2D eigenvalue weighted by Crippen LogP contribution is -2.31. The predicted octanol–water partition coefficient (Wildman–Crippen LogP) is 3.52. The highest BCUT2D eigenvalue weighted by Crippen LogP contribution is 2.22. The number of carbonyl (C=O) groups is 2. The molecule has 2 rings (SSSR count). The number of rotatable bonds is 6. The summed E-state index contributed by atoms with van der Waals surface area (Å²) >= 11 is 6.07. The second-order valence-electron chi connectivity index (χ2n) is 5.24. The molecule has 2 aromatic rings. The topological polar surface area (TPSA) is 64.6 Å². The van der Waals surface area contributed by atoms with Gasteiger partial charge in [0.15, 0.2) is 18.2 Å². The van der Waals surface area contributed by atoms with E-state index in [-0.39, 0.29) is 17.4 Å². The lowest BCUT2D eigenvalue weighted by Gasteiger charge is -2.15. The van der Waals surface area contributed by atoms with Gasteiger partial charge in [-0.3, -0.25) is 4.79 Å². The molecular weight excluding hydrogens is 349 g/mol. The SMILES string of the molecule is COc1ccc(C(=O)OCC(=O)N[C@@H](C)c2ccccc2Cl)cc1F. The van der Waals surface area contributed by atoms with Crippen molar-refractivity contribution in [3.05, 3.63) is 64.4 Å². The van der Waals surface area contributed by atoms with Crippen molar-refractivity contribution in [2.75, 3.05) is 13.7 Å². The van der Waals surface area contributed by atoms with Crippen LogP contribution in [-0.4, -0.2) is 25.6 Å². The average Bonchev–Trinajstić information content (AvgIpc) is 2.59.